The van der Waals surface area contributed by atoms with Gasteiger partial charge in [0.15, 0.2) is 0 Å². The lowest BCUT2D eigenvalue weighted by Crippen LogP contribution is -2.48. The van der Waals surface area contributed by atoms with E-state index in [-0.39, 0.29) is 5.91 Å². The third-order valence-corrected chi connectivity index (χ3v) is 5.98. The van der Waals surface area contributed by atoms with E-state index in [0.29, 0.717) is 18.6 Å². The summed E-state index contributed by atoms with van der Waals surface area (Å²) in [6.07, 6.45) is 5.60. The number of carbonyl (C=O) groups excluding carboxylic acids is 1. The Labute approximate surface area is 149 Å². The maximum Gasteiger partial charge on any atom is 0.242 e. The second-order valence-electron chi connectivity index (χ2n) is 7.44. The highest BCUT2D eigenvalue weighted by Gasteiger charge is 2.38. The largest absolute Gasteiger partial charge is 0.337 e. The van der Waals surface area contributed by atoms with E-state index in [9.17, 15) is 4.79 Å². The molecule has 0 N–H and O–H groups in total. The molecule has 2 fully saturated rings. The van der Waals surface area contributed by atoms with Crippen molar-refractivity contribution in [3.63, 3.8) is 0 Å². The van der Waals surface area contributed by atoms with E-state index in [1.54, 1.807) is 0 Å². The van der Waals surface area contributed by atoms with Crippen molar-refractivity contribution in [2.75, 3.05) is 20.1 Å². The SMILES string of the molecule is CCc1nc2ccccc2n1CC(=O)N1CCC[C@H]1[C@H]1CCCN1C. The van der Waals surface area contributed by atoms with Gasteiger partial charge in [-0.3, -0.25) is 4.79 Å². The lowest BCUT2D eigenvalue weighted by Gasteiger charge is -2.33. The van der Waals surface area contributed by atoms with E-state index in [1.165, 1.54) is 12.8 Å². The van der Waals surface area contributed by atoms with Crippen molar-refractivity contribution < 1.29 is 4.79 Å². The predicted octanol–water partition coefficient (Wildman–Crippen LogP) is 2.68. The van der Waals surface area contributed by atoms with Crippen molar-refractivity contribution in [2.24, 2.45) is 0 Å². The summed E-state index contributed by atoms with van der Waals surface area (Å²) in [5.41, 5.74) is 2.06. The van der Waals surface area contributed by atoms with Gasteiger partial charge in [-0.15, -0.1) is 0 Å². The number of para-hydroxylation sites is 2. The predicted molar refractivity (Wildman–Crippen MR) is 99.5 cm³/mol. The quantitative estimate of drug-likeness (QED) is 0.859. The van der Waals surface area contributed by atoms with Crippen LogP contribution in [0.2, 0.25) is 0 Å². The van der Waals surface area contributed by atoms with Gasteiger partial charge in [0.2, 0.25) is 5.91 Å². The maximum absolute atomic E-state index is 13.2. The van der Waals surface area contributed by atoms with Crippen LogP contribution in [-0.2, 0) is 17.8 Å². The fourth-order valence-electron chi connectivity index (χ4n) is 4.72. The van der Waals surface area contributed by atoms with Gasteiger partial charge in [0.1, 0.15) is 12.4 Å². The minimum atomic E-state index is 0.251. The Bertz CT molecular complexity index is 768. The average molecular weight is 340 g/mol. The molecule has 3 heterocycles. The molecule has 0 radical (unpaired) electrons. The van der Waals surface area contributed by atoms with E-state index in [4.69, 9.17) is 4.98 Å². The fourth-order valence-corrected chi connectivity index (χ4v) is 4.72. The number of rotatable bonds is 4. The third kappa shape index (κ3) is 2.95. The first kappa shape index (κ1) is 16.6. The number of amides is 1. The lowest BCUT2D eigenvalue weighted by molar-refractivity contribution is -0.133. The number of benzene rings is 1. The molecule has 134 valence electrons. The number of imidazole rings is 1. The number of hydrogen-bond acceptors (Lipinski definition) is 3. The molecule has 4 rings (SSSR count). The molecule has 0 unspecified atom stereocenters. The highest BCUT2D eigenvalue weighted by molar-refractivity contribution is 5.81. The molecule has 2 atom stereocenters. The molecule has 0 bridgehead atoms. The van der Waals surface area contributed by atoms with Crippen LogP contribution >= 0.6 is 0 Å². The zero-order valence-corrected chi connectivity index (χ0v) is 15.3. The Hall–Kier alpha value is -1.88. The summed E-state index contributed by atoms with van der Waals surface area (Å²) in [6, 6.07) is 9.06. The monoisotopic (exact) mass is 340 g/mol. The average Bonchev–Trinajstić information content (AvgIpc) is 3.33. The molecule has 1 amide bonds. The Morgan fingerprint density at radius 1 is 1.16 bits per heavy atom. The normalized spacial score (nSPS) is 24.5. The highest BCUT2D eigenvalue weighted by atomic mass is 16.2. The van der Waals surface area contributed by atoms with Gasteiger partial charge in [0.25, 0.3) is 0 Å². The summed E-state index contributed by atoms with van der Waals surface area (Å²) in [5.74, 6) is 1.25. The van der Waals surface area contributed by atoms with Crippen LogP contribution in [0.4, 0.5) is 0 Å². The zero-order valence-electron chi connectivity index (χ0n) is 15.3. The molecule has 2 aromatic rings. The fraction of sp³-hybridized carbons (Fsp3) is 0.600. The van der Waals surface area contributed by atoms with Crippen LogP contribution in [0.15, 0.2) is 24.3 Å². The van der Waals surface area contributed by atoms with Gasteiger partial charge < -0.3 is 14.4 Å². The summed E-state index contributed by atoms with van der Waals surface area (Å²) in [7, 11) is 2.21. The van der Waals surface area contributed by atoms with E-state index in [0.717, 1.165) is 49.2 Å². The summed E-state index contributed by atoms with van der Waals surface area (Å²) in [6.45, 7) is 4.59. The molecule has 2 saturated heterocycles. The van der Waals surface area contributed by atoms with Crippen molar-refractivity contribution in [2.45, 2.75) is 57.7 Å². The van der Waals surface area contributed by atoms with Crippen LogP contribution in [0.3, 0.4) is 0 Å². The van der Waals surface area contributed by atoms with Crippen molar-refractivity contribution >= 4 is 16.9 Å². The molecule has 0 saturated carbocycles. The number of nitrogens with zero attached hydrogens (tertiary/aromatic N) is 4. The summed E-state index contributed by atoms with van der Waals surface area (Å²) < 4.78 is 2.12. The molecule has 5 heteroatoms. The van der Waals surface area contributed by atoms with Gasteiger partial charge in [-0.1, -0.05) is 19.1 Å². The van der Waals surface area contributed by atoms with E-state index in [2.05, 4.69) is 34.4 Å². The molecular formula is C20H28N4O. The van der Waals surface area contributed by atoms with Crippen molar-refractivity contribution in [1.29, 1.82) is 0 Å². The van der Waals surface area contributed by atoms with Crippen LogP contribution in [0.1, 0.15) is 38.4 Å². The summed E-state index contributed by atoms with van der Waals surface area (Å²) in [5, 5.41) is 0. The zero-order chi connectivity index (χ0) is 17.4. The Morgan fingerprint density at radius 3 is 2.68 bits per heavy atom. The van der Waals surface area contributed by atoms with E-state index < -0.39 is 0 Å². The third-order valence-electron chi connectivity index (χ3n) is 5.98. The second kappa shape index (κ2) is 6.79. The first-order valence-electron chi connectivity index (χ1n) is 9.63. The Balaban J connectivity index is 1.57. The molecule has 0 aliphatic carbocycles. The van der Waals surface area contributed by atoms with Crippen molar-refractivity contribution in [3.8, 4) is 0 Å². The lowest BCUT2D eigenvalue weighted by atomic mass is 10.0. The van der Waals surface area contributed by atoms with Crippen LogP contribution < -0.4 is 0 Å². The van der Waals surface area contributed by atoms with Gasteiger partial charge in [0.05, 0.1) is 11.0 Å². The molecule has 0 spiro atoms. The van der Waals surface area contributed by atoms with Crippen LogP contribution in [-0.4, -0.2) is 57.5 Å². The Morgan fingerprint density at radius 2 is 1.92 bits per heavy atom. The maximum atomic E-state index is 13.2. The van der Waals surface area contributed by atoms with Crippen LogP contribution in [0.5, 0.6) is 0 Å². The molecule has 25 heavy (non-hydrogen) atoms. The molecule has 2 aliphatic heterocycles. The van der Waals surface area contributed by atoms with Gasteiger partial charge in [-0.05, 0) is 51.4 Å². The number of likely N-dealkylation sites (tertiary alicyclic amines) is 2. The standard InChI is InChI=1S/C20H28N4O/c1-3-19-21-15-8-4-5-9-16(15)24(19)14-20(25)23-13-7-11-18(23)17-10-6-12-22(17)2/h4-5,8-9,17-18H,3,6-7,10-14H2,1-2H3/t17-,18+/m1/s1. The van der Waals surface area contributed by atoms with Crippen LogP contribution in [0, 0.1) is 0 Å². The first-order valence-corrected chi connectivity index (χ1v) is 9.63. The van der Waals surface area contributed by atoms with E-state index >= 15 is 0 Å². The van der Waals surface area contributed by atoms with Gasteiger partial charge in [-0.2, -0.15) is 0 Å². The first-order chi connectivity index (χ1) is 12.2. The van der Waals surface area contributed by atoms with Gasteiger partial charge >= 0.3 is 0 Å². The second-order valence-corrected chi connectivity index (χ2v) is 7.44. The number of aromatic nitrogens is 2. The molecular weight excluding hydrogens is 312 g/mol. The minimum absolute atomic E-state index is 0.251. The summed E-state index contributed by atoms with van der Waals surface area (Å²) in [4.78, 5) is 22.5. The Kier molecular flexibility index (Phi) is 4.50. The highest BCUT2D eigenvalue weighted by Crippen LogP contribution is 2.29. The summed E-state index contributed by atoms with van der Waals surface area (Å²) >= 11 is 0. The molecule has 1 aromatic carbocycles. The molecule has 2 aliphatic rings. The van der Waals surface area contributed by atoms with Gasteiger partial charge in [-0.25, -0.2) is 4.98 Å². The smallest absolute Gasteiger partial charge is 0.242 e. The topological polar surface area (TPSA) is 41.4 Å². The molecule has 5 nitrogen and oxygen atoms in total. The minimum Gasteiger partial charge on any atom is -0.337 e. The van der Waals surface area contributed by atoms with Crippen LogP contribution in [0.25, 0.3) is 11.0 Å². The number of likely N-dealkylation sites (N-methyl/N-ethyl adjacent to an activating group) is 1. The van der Waals surface area contributed by atoms with Crippen molar-refractivity contribution in [3.05, 3.63) is 30.1 Å². The number of hydrogen-bond donors (Lipinski definition) is 0. The number of fused-ring (bicyclic) bond motifs is 1. The number of aryl methyl sites for hydroxylation is 1. The van der Waals surface area contributed by atoms with E-state index in [1.807, 2.05) is 18.2 Å². The number of carbonyl (C=O) groups is 1. The van der Waals surface area contributed by atoms with Crippen molar-refractivity contribution in [1.82, 2.24) is 19.4 Å². The molecule has 1 aromatic heterocycles. The van der Waals surface area contributed by atoms with Gasteiger partial charge in [0, 0.05) is 25.0 Å².